The molecule has 0 aliphatic carbocycles. The summed E-state index contributed by atoms with van der Waals surface area (Å²) in [6.07, 6.45) is 1.83. The third-order valence-corrected chi connectivity index (χ3v) is 3.04. The normalized spacial score (nSPS) is 10.4. The second kappa shape index (κ2) is 4.35. The molecule has 3 heteroatoms. The first-order valence-electron chi connectivity index (χ1n) is 4.55. The molecule has 0 aromatic carbocycles. The topological polar surface area (TPSA) is 24.9 Å². The predicted octanol–water partition coefficient (Wildman–Crippen LogP) is 2.53. The van der Waals surface area contributed by atoms with Crippen LogP contribution in [0.4, 0.5) is 0 Å². The Hall–Kier alpha value is -1.19. The third kappa shape index (κ3) is 2.00. The maximum absolute atomic E-state index is 4.31. The molecular weight excluding hydrogens is 192 g/mol. The zero-order chi connectivity index (χ0) is 9.80. The zero-order valence-corrected chi connectivity index (χ0v) is 8.84. The lowest BCUT2D eigenvalue weighted by Crippen LogP contribution is -2.02. The summed E-state index contributed by atoms with van der Waals surface area (Å²) in [6, 6.07) is 10.3. The van der Waals surface area contributed by atoms with Crippen molar-refractivity contribution in [3.05, 3.63) is 41.4 Å². The van der Waals surface area contributed by atoms with Crippen LogP contribution in [-0.2, 0) is 6.54 Å². The Morgan fingerprint density at radius 3 is 2.93 bits per heavy atom. The Morgan fingerprint density at radius 1 is 1.29 bits per heavy atom. The highest BCUT2D eigenvalue weighted by molar-refractivity contribution is 7.15. The molecule has 2 rings (SSSR count). The van der Waals surface area contributed by atoms with Gasteiger partial charge in [-0.2, -0.15) is 0 Å². The van der Waals surface area contributed by atoms with Gasteiger partial charge in [0.25, 0.3) is 0 Å². The van der Waals surface area contributed by atoms with E-state index in [9.17, 15) is 0 Å². The van der Waals surface area contributed by atoms with Crippen LogP contribution >= 0.6 is 11.3 Å². The number of nitrogens with one attached hydrogen (secondary N) is 1. The zero-order valence-electron chi connectivity index (χ0n) is 8.03. The van der Waals surface area contributed by atoms with Gasteiger partial charge in [0.1, 0.15) is 0 Å². The molecule has 0 saturated heterocycles. The molecule has 0 atom stereocenters. The average molecular weight is 204 g/mol. The molecule has 14 heavy (non-hydrogen) atoms. The first kappa shape index (κ1) is 9.37. The SMILES string of the molecule is CNCc1ccc(-c2ccccn2)s1. The summed E-state index contributed by atoms with van der Waals surface area (Å²) in [5, 5.41) is 3.14. The third-order valence-electron chi connectivity index (χ3n) is 1.93. The highest BCUT2D eigenvalue weighted by Crippen LogP contribution is 2.25. The molecule has 2 heterocycles. The number of aromatic nitrogens is 1. The summed E-state index contributed by atoms with van der Waals surface area (Å²) >= 11 is 1.79. The Morgan fingerprint density at radius 2 is 2.21 bits per heavy atom. The summed E-state index contributed by atoms with van der Waals surface area (Å²) in [4.78, 5) is 6.89. The minimum atomic E-state index is 0.928. The van der Waals surface area contributed by atoms with Gasteiger partial charge in [0.15, 0.2) is 0 Å². The molecule has 0 fully saturated rings. The molecule has 0 aliphatic heterocycles. The van der Waals surface area contributed by atoms with Crippen LogP contribution in [0.15, 0.2) is 36.5 Å². The van der Waals surface area contributed by atoms with Crippen LogP contribution in [0.2, 0.25) is 0 Å². The minimum Gasteiger partial charge on any atom is -0.315 e. The molecule has 2 nitrogen and oxygen atoms in total. The summed E-state index contributed by atoms with van der Waals surface area (Å²) in [5.74, 6) is 0. The standard InChI is InChI=1S/C11H12N2S/c1-12-8-9-5-6-11(14-9)10-4-2-3-7-13-10/h2-7,12H,8H2,1H3. The molecule has 2 aromatic rings. The summed E-state index contributed by atoms with van der Waals surface area (Å²) in [5.41, 5.74) is 1.06. The fourth-order valence-electron chi connectivity index (χ4n) is 1.29. The molecule has 0 saturated carbocycles. The first-order valence-corrected chi connectivity index (χ1v) is 5.36. The van der Waals surface area contributed by atoms with Gasteiger partial charge in [-0.1, -0.05) is 6.07 Å². The summed E-state index contributed by atoms with van der Waals surface area (Å²) in [7, 11) is 1.96. The number of hydrogen-bond donors (Lipinski definition) is 1. The monoisotopic (exact) mass is 204 g/mol. The first-order chi connectivity index (χ1) is 6.90. The molecule has 72 valence electrons. The van der Waals surface area contributed by atoms with Crippen molar-refractivity contribution in [3.63, 3.8) is 0 Å². The van der Waals surface area contributed by atoms with Crippen LogP contribution in [-0.4, -0.2) is 12.0 Å². The van der Waals surface area contributed by atoms with Gasteiger partial charge in [-0.05, 0) is 31.3 Å². The van der Waals surface area contributed by atoms with E-state index in [2.05, 4.69) is 22.4 Å². The van der Waals surface area contributed by atoms with Crippen molar-refractivity contribution in [1.82, 2.24) is 10.3 Å². The lowest BCUT2D eigenvalue weighted by Gasteiger charge is -1.94. The Kier molecular flexibility index (Phi) is 2.91. The lowest BCUT2D eigenvalue weighted by atomic mass is 10.3. The van der Waals surface area contributed by atoms with Gasteiger partial charge >= 0.3 is 0 Å². The molecule has 2 aromatic heterocycles. The fourth-order valence-corrected chi connectivity index (χ4v) is 2.29. The second-order valence-corrected chi connectivity index (χ2v) is 4.18. The lowest BCUT2D eigenvalue weighted by molar-refractivity contribution is 0.831. The van der Waals surface area contributed by atoms with Gasteiger partial charge in [0.05, 0.1) is 10.6 Å². The molecule has 0 unspecified atom stereocenters. The van der Waals surface area contributed by atoms with E-state index in [1.54, 1.807) is 11.3 Å². The van der Waals surface area contributed by atoms with Gasteiger partial charge in [-0.25, -0.2) is 0 Å². The van der Waals surface area contributed by atoms with E-state index in [0.29, 0.717) is 0 Å². The highest BCUT2D eigenvalue weighted by Gasteiger charge is 2.01. The Bertz CT molecular complexity index is 395. The number of nitrogens with zero attached hydrogens (tertiary/aromatic N) is 1. The van der Waals surface area contributed by atoms with Crippen LogP contribution in [0.1, 0.15) is 4.88 Å². The van der Waals surface area contributed by atoms with Crippen LogP contribution in [0.3, 0.4) is 0 Å². The molecule has 0 aliphatic rings. The van der Waals surface area contributed by atoms with E-state index < -0.39 is 0 Å². The van der Waals surface area contributed by atoms with Crippen LogP contribution < -0.4 is 5.32 Å². The number of thiophene rings is 1. The van der Waals surface area contributed by atoms with Crippen LogP contribution in [0.5, 0.6) is 0 Å². The van der Waals surface area contributed by atoms with Crippen LogP contribution in [0, 0.1) is 0 Å². The van der Waals surface area contributed by atoms with Gasteiger partial charge in [-0.15, -0.1) is 11.3 Å². The quantitative estimate of drug-likeness (QED) is 0.831. The van der Waals surface area contributed by atoms with Crippen molar-refractivity contribution in [2.24, 2.45) is 0 Å². The van der Waals surface area contributed by atoms with Crippen molar-refractivity contribution >= 4 is 11.3 Å². The summed E-state index contributed by atoms with van der Waals surface area (Å²) < 4.78 is 0. The van der Waals surface area contributed by atoms with Crippen molar-refractivity contribution in [2.45, 2.75) is 6.54 Å². The average Bonchev–Trinajstić information content (AvgIpc) is 2.68. The molecule has 0 spiro atoms. The summed E-state index contributed by atoms with van der Waals surface area (Å²) in [6.45, 7) is 0.928. The van der Waals surface area contributed by atoms with E-state index in [1.807, 2.05) is 31.4 Å². The number of hydrogen-bond acceptors (Lipinski definition) is 3. The maximum atomic E-state index is 4.31. The van der Waals surface area contributed by atoms with E-state index in [4.69, 9.17) is 0 Å². The van der Waals surface area contributed by atoms with Gasteiger partial charge in [-0.3, -0.25) is 4.98 Å². The van der Waals surface area contributed by atoms with E-state index in [1.165, 1.54) is 9.75 Å². The van der Waals surface area contributed by atoms with Gasteiger partial charge in [0.2, 0.25) is 0 Å². The molecule has 0 radical (unpaired) electrons. The fraction of sp³-hybridized carbons (Fsp3) is 0.182. The largest absolute Gasteiger partial charge is 0.315 e. The van der Waals surface area contributed by atoms with Crippen LogP contribution in [0.25, 0.3) is 10.6 Å². The molecule has 1 N–H and O–H groups in total. The molecular formula is C11H12N2S. The molecule has 0 amide bonds. The van der Waals surface area contributed by atoms with E-state index in [0.717, 1.165) is 12.2 Å². The van der Waals surface area contributed by atoms with Crippen molar-refractivity contribution in [3.8, 4) is 10.6 Å². The Balaban J connectivity index is 2.25. The van der Waals surface area contributed by atoms with E-state index in [-0.39, 0.29) is 0 Å². The van der Waals surface area contributed by atoms with E-state index >= 15 is 0 Å². The highest BCUT2D eigenvalue weighted by atomic mass is 32.1. The van der Waals surface area contributed by atoms with Crippen molar-refractivity contribution in [2.75, 3.05) is 7.05 Å². The number of pyridine rings is 1. The van der Waals surface area contributed by atoms with Gasteiger partial charge in [0, 0.05) is 17.6 Å². The Labute approximate surface area is 87.6 Å². The molecule has 0 bridgehead atoms. The van der Waals surface area contributed by atoms with Crippen molar-refractivity contribution in [1.29, 1.82) is 0 Å². The smallest absolute Gasteiger partial charge is 0.0801 e. The minimum absolute atomic E-state index is 0.928. The van der Waals surface area contributed by atoms with Gasteiger partial charge < -0.3 is 5.32 Å². The number of rotatable bonds is 3. The predicted molar refractivity (Wildman–Crippen MR) is 60.3 cm³/mol. The van der Waals surface area contributed by atoms with Crippen molar-refractivity contribution < 1.29 is 0 Å². The second-order valence-electron chi connectivity index (χ2n) is 3.01. The maximum Gasteiger partial charge on any atom is 0.0801 e.